The summed E-state index contributed by atoms with van der Waals surface area (Å²) < 4.78 is 5.24. The highest BCUT2D eigenvalue weighted by molar-refractivity contribution is 6.12. The van der Waals surface area contributed by atoms with Crippen LogP contribution in [0.5, 0.6) is 5.75 Å². The van der Waals surface area contributed by atoms with Crippen LogP contribution >= 0.6 is 0 Å². The Labute approximate surface area is 176 Å². The minimum Gasteiger partial charge on any atom is -0.426 e. The molecule has 4 nitrogen and oxygen atoms in total. The van der Waals surface area contributed by atoms with Gasteiger partial charge in [0.2, 0.25) is 0 Å². The first kappa shape index (κ1) is 24.9. The summed E-state index contributed by atoms with van der Waals surface area (Å²) in [5, 5.41) is 0. The minimum absolute atomic E-state index is 0.0198. The lowest BCUT2D eigenvalue weighted by Gasteiger charge is -2.26. The molecule has 3 atom stereocenters. The fourth-order valence-corrected chi connectivity index (χ4v) is 3.38. The number of aryl methyl sites for hydroxylation is 1. The van der Waals surface area contributed by atoms with E-state index in [2.05, 4.69) is 28.6 Å². The van der Waals surface area contributed by atoms with Crippen molar-refractivity contribution in [3.8, 4) is 5.75 Å². The second kappa shape index (κ2) is 12.4. The molecule has 0 radical (unpaired) electrons. The first-order chi connectivity index (χ1) is 13.6. The fourth-order valence-electron chi connectivity index (χ4n) is 3.38. The number of allylic oxidation sites excluding steroid dienone is 2. The topological polar surface area (TPSA) is 60.4 Å². The molecule has 0 amide bonds. The van der Waals surface area contributed by atoms with Gasteiger partial charge in [0.1, 0.15) is 19.4 Å². The average Bonchev–Trinajstić information content (AvgIpc) is 2.65. The van der Waals surface area contributed by atoms with Crippen LogP contribution in [-0.4, -0.2) is 25.4 Å². The van der Waals surface area contributed by atoms with Gasteiger partial charge in [-0.25, -0.2) is 0 Å². The SMILES string of the molecule is BC(C(C)CCC(=O)C/C=C\CC)C(C)CC(=O)c1ccc(C)cc1OC(C)=O. The molecule has 29 heavy (non-hydrogen) atoms. The van der Waals surface area contributed by atoms with Crippen LogP contribution in [0.1, 0.15) is 75.7 Å². The highest BCUT2D eigenvalue weighted by Crippen LogP contribution is 2.32. The molecule has 158 valence electrons. The summed E-state index contributed by atoms with van der Waals surface area (Å²) in [4.78, 5) is 36.2. The molecule has 5 heteroatoms. The van der Waals surface area contributed by atoms with Crippen LogP contribution in [0.4, 0.5) is 0 Å². The summed E-state index contributed by atoms with van der Waals surface area (Å²) in [7, 11) is 2.15. The molecule has 0 aliphatic rings. The first-order valence-corrected chi connectivity index (χ1v) is 10.6. The van der Waals surface area contributed by atoms with Gasteiger partial charge in [-0.05, 0) is 49.3 Å². The Morgan fingerprint density at radius 1 is 1.14 bits per heavy atom. The molecular formula is C24H35BO4. The number of Topliss-reactive ketones (excluding diaryl/α,β-unsaturated/α-hetero) is 2. The van der Waals surface area contributed by atoms with Crippen LogP contribution in [0.15, 0.2) is 30.4 Å². The van der Waals surface area contributed by atoms with Gasteiger partial charge in [-0.2, -0.15) is 0 Å². The summed E-state index contributed by atoms with van der Waals surface area (Å²) in [6.07, 6.45) is 7.22. The van der Waals surface area contributed by atoms with Gasteiger partial charge in [-0.1, -0.05) is 44.8 Å². The summed E-state index contributed by atoms with van der Waals surface area (Å²) in [5.74, 6) is 0.971. The number of carbonyl (C=O) groups is 3. The number of ketones is 2. The van der Waals surface area contributed by atoms with Crippen LogP contribution in [0, 0.1) is 18.8 Å². The average molecular weight is 398 g/mol. The van der Waals surface area contributed by atoms with Gasteiger partial charge in [0.05, 0.1) is 5.56 Å². The molecule has 1 aromatic carbocycles. The van der Waals surface area contributed by atoms with E-state index in [9.17, 15) is 14.4 Å². The molecule has 0 bridgehead atoms. The van der Waals surface area contributed by atoms with Gasteiger partial charge >= 0.3 is 5.97 Å². The summed E-state index contributed by atoms with van der Waals surface area (Å²) in [5.41, 5.74) is 1.39. The highest BCUT2D eigenvalue weighted by Gasteiger charge is 2.24. The van der Waals surface area contributed by atoms with Crippen molar-refractivity contribution in [2.45, 2.75) is 72.5 Å². The molecular weight excluding hydrogens is 363 g/mol. The van der Waals surface area contributed by atoms with E-state index >= 15 is 0 Å². The van der Waals surface area contributed by atoms with Crippen LogP contribution < -0.4 is 4.74 Å². The number of hydrogen-bond acceptors (Lipinski definition) is 4. The Kier molecular flexibility index (Phi) is 10.6. The third kappa shape index (κ3) is 8.80. The lowest BCUT2D eigenvalue weighted by Crippen LogP contribution is -2.19. The lowest BCUT2D eigenvalue weighted by atomic mass is 9.66. The van der Waals surface area contributed by atoms with E-state index in [1.54, 1.807) is 12.1 Å². The summed E-state index contributed by atoms with van der Waals surface area (Å²) >= 11 is 0. The summed E-state index contributed by atoms with van der Waals surface area (Å²) in [6.45, 7) is 9.51. The smallest absolute Gasteiger partial charge is 0.308 e. The zero-order chi connectivity index (χ0) is 22.0. The second-order valence-corrected chi connectivity index (χ2v) is 8.20. The van der Waals surface area contributed by atoms with E-state index in [4.69, 9.17) is 4.74 Å². The maximum atomic E-state index is 12.9. The maximum absolute atomic E-state index is 12.9. The number of ether oxygens (including phenoxy) is 1. The third-order valence-corrected chi connectivity index (χ3v) is 5.62. The molecule has 0 spiro atoms. The molecule has 1 rings (SSSR count). The molecule has 1 aromatic rings. The van der Waals surface area contributed by atoms with Crippen LogP contribution in [0.2, 0.25) is 5.82 Å². The van der Waals surface area contributed by atoms with Gasteiger partial charge < -0.3 is 4.74 Å². The zero-order valence-corrected chi connectivity index (χ0v) is 18.8. The third-order valence-electron chi connectivity index (χ3n) is 5.62. The number of benzene rings is 1. The second-order valence-electron chi connectivity index (χ2n) is 8.20. The maximum Gasteiger partial charge on any atom is 0.308 e. The van der Waals surface area contributed by atoms with Crippen LogP contribution in [0.3, 0.4) is 0 Å². The molecule has 0 saturated carbocycles. The molecule has 0 fully saturated rings. The number of esters is 1. The van der Waals surface area contributed by atoms with Crippen molar-refractivity contribution in [3.63, 3.8) is 0 Å². The van der Waals surface area contributed by atoms with E-state index in [0.717, 1.165) is 18.4 Å². The van der Waals surface area contributed by atoms with Crippen molar-refractivity contribution in [1.29, 1.82) is 0 Å². The minimum atomic E-state index is -0.432. The standard InChI is InChI=1S/C24H35BO4/c1-6-7-8-9-20(27)12-11-17(3)24(25)18(4)15-22(28)21-13-10-16(2)14-23(21)29-19(5)26/h7-8,10,13-14,17-18,24H,6,9,11-12,15,25H2,1-5H3/b8-7-. The van der Waals surface area contributed by atoms with Crippen LogP contribution in [0.25, 0.3) is 0 Å². The van der Waals surface area contributed by atoms with E-state index in [1.165, 1.54) is 6.92 Å². The Hall–Kier alpha value is -2.17. The molecule has 0 heterocycles. The normalized spacial score (nSPS) is 14.4. The van der Waals surface area contributed by atoms with Gasteiger partial charge in [0.25, 0.3) is 0 Å². The predicted molar refractivity (Wildman–Crippen MR) is 120 cm³/mol. The van der Waals surface area contributed by atoms with Crippen molar-refractivity contribution in [2.75, 3.05) is 0 Å². The molecule has 0 N–H and O–H groups in total. The highest BCUT2D eigenvalue weighted by atomic mass is 16.5. The van der Waals surface area contributed by atoms with Crippen molar-refractivity contribution in [1.82, 2.24) is 0 Å². The number of rotatable bonds is 12. The van der Waals surface area contributed by atoms with Gasteiger partial charge in [-0.3, -0.25) is 14.4 Å². The van der Waals surface area contributed by atoms with E-state index in [0.29, 0.717) is 42.3 Å². The largest absolute Gasteiger partial charge is 0.426 e. The first-order valence-electron chi connectivity index (χ1n) is 10.6. The van der Waals surface area contributed by atoms with Gasteiger partial charge in [0, 0.05) is 26.2 Å². The van der Waals surface area contributed by atoms with E-state index in [-0.39, 0.29) is 17.5 Å². The Morgan fingerprint density at radius 2 is 1.83 bits per heavy atom. The van der Waals surface area contributed by atoms with E-state index < -0.39 is 5.97 Å². The van der Waals surface area contributed by atoms with E-state index in [1.807, 2.05) is 25.1 Å². The molecule has 3 unspecified atom stereocenters. The molecule has 0 aromatic heterocycles. The van der Waals surface area contributed by atoms with Crippen molar-refractivity contribution < 1.29 is 19.1 Å². The van der Waals surface area contributed by atoms with Gasteiger partial charge in [0.15, 0.2) is 5.78 Å². The predicted octanol–water partition coefficient (Wildman–Crippen LogP) is 4.89. The Bertz CT molecular complexity index is 738. The molecule has 0 saturated heterocycles. The van der Waals surface area contributed by atoms with Gasteiger partial charge in [-0.15, -0.1) is 0 Å². The van der Waals surface area contributed by atoms with Crippen molar-refractivity contribution >= 4 is 25.4 Å². The fraction of sp³-hybridized carbons (Fsp3) is 0.542. The zero-order valence-electron chi connectivity index (χ0n) is 18.8. The monoisotopic (exact) mass is 398 g/mol. The Morgan fingerprint density at radius 3 is 2.45 bits per heavy atom. The quantitative estimate of drug-likeness (QED) is 0.165. The lowest BCUT2D eigenvalue weighted by molar-refractivity contribution is -0.131. The molecule has 0 aliphatic carbocycles. The Balaban J connectivity index is 2.67. The van der Waals surface area contributed by atoms with Crippen molar-refractivity contribution in [3.05, 3.63) is 41.5 Å². The molecule has 0 aliphatic heterocycles. The number of carbonyl (C=O) groups excluding carboxylic acids is 3. The van der Waals surface area contributed by atoms with Crippen molar-refractivity contribution in [2.24, 2.45) is 11.8 Å². The van der Waals surface area contributed by atoms with Crippen LogP contribution in [-0.2, 0) is 9.59 Å². The number of hydrogen-bond donors (Lipinski definition) is 0. The summed E-state index contributed by atoms with van der Waals surface area (Å²) in [6, 6.07) is 5.32.